The Hall–Kier alpha value is -0.700. The molecule has 0 aromatic heterocycles. The normalized spacial score (nSPS) is 21.1. The second-order valence-corrected chi connectivity index (χ2v) is 4.96. The van der Waals surface area contributed by atoms with E-state index in [4.69, 9.17) is 10.5 Å². The fourth-order valence-electron chi connectivity index (χ4n) is 1.14. The Labute approximate surface area is 88.7 Å². The molecule has 1 fully saturated rings. The smallest absolute Gasteiger partial charge is 0.280 e. The molecular weight excluding hydrogens is 222 g/mol. The average molecular weight is 237 g/mol. The zero-order chi connectivity index (χ0) is 11.5. The van der Waals surface area contributed by atoms with Crippen LogP contribution in [0.4, 0.5) is 0 Å². The third-order valence-electron chi connectivity index (χ3n) is 2.06. The molecule has 0 bridgehead atoms. The van der Waals surface area contributed by atoms with Gasteiger partial charge in [0.15, 0.2) is 0 Å². The molecule has 0 aliphatic carbocycles. The van der Waals surface area contributed by atoms with Crippen LogP contribution in [-0.2, 0) is 19.7 Å². The topological polar surface area (TPSA) is 102 Å². The van der Waals surface area contributed by atoms with Crippen LogP contribution in [0.15, 0.2) is 0 Å². The summed E-state index contributed by atoms with van der Waals surface area (Å²) >= 11 is 0. The summed E-state index contributed by atoms with van der Waals surface area (Å²) in [5.41, 5.74) is 4.96. The Bertz CT molecular complexity index is 323. The van der Waals surface area contributed by atoms with E-state index in [1.807, 2.05) is 0 Å². The highest BCUT2D eigenvalue weighted by atomic mass is 32.2. The van der Waals surface area contributed by atoms with Crippen LogP contribution in [-0.4, -0.2) is 51.0 Å². The van der Waals surface area contributed by atoms with Crippen molar-refractivity contribution < 1.29 is 17.9 Å². The zero-order valence-corrected chi connectivity index (χ0v) is 9.29. The number of nitrogens with one attached hydrogen (secondary N) is 1. The molecule has 1 aliphatic heterocycles. The number of morpholine rings is 1. The van der Waals surface area contributed by atoms with Gasteiger partial charge in [-0.25, -0.2) is 0 Å². The molecule has 1 heterocycles. The fraction of sp³-hybridized carbons (Fsp3) is 0.857. The molecule has 1 saturated heterocycles. The predicted molar refractivity (Wildman–Crippen MR) is 53.1 cm³/mol. The summed E-state index contributed by atoms with van der Waals surface area (Å²) in [5, 5.41) is 0. The summed E-state index contributed by atoms with van der Waals surface area (Å²) in [7, 11) is -3.63. The zero-order valence-electron chi connectivity index (χ0n) is 8.47. The Morgan fingerprint density at radius 1 is 1.47 bits per heavy atom. The minimum atomic E-state index is -3.63. The summed E-state index contributed by atoms with van der Waals surface area (Å²) in [6.07, 6.45) is 0. The Balaban J connectivity index is 2.61. The van der Waals surface area contributed by atoms with Gasteiger partial charge in [-0.2, -0.15) is 17.4 Å². The van der Waals surface area contributed by atoms with Crippen LogP contribution in [0.2, 0.25) is 0 Å². The molecule has 3 N–H and O–H groups in total. The molecule has 0 unspecified atom stereocenters. The van der Waals surface area contributed by atoms with Crippen molar-refractivity contribution in [3.8, 4) is 0 Å². The van der Waals surface area contributed by atoms with Gasteiger partial charge in [-0.05, 0) is 6.92 Å². The monoisotopic (exact) mass is 237 g/mol. The van der Waals surface area contributed by atoms with Crippen molar-refractivity contribution >= 4 is 16.1 Å². The summed E-state index contributed by atoms with van der Waals surface area (Å²) in [4.78, 5) is 10.7. The largest absolute Gasteiger partial charge is 0.379 e. The van der Waals surface area contributed by atoms with Crippen LogP contribution in [0, 0.1) is 0 Å². The lowest BCUT2D eigenvalue weighted by Crippen LogP contribution is -2.51. The van der Waals surface area contributed by atoms with E-state index in [9.17, 15) is 13.2 Å². The van der Waals surface area contributed by atoms with Crippen molar-refractivity contribution in [1.29, 1.82) is 0 Å². The van der Waals surface area contributed by atoms with Crippen molar-refractivity contribution in [2.75, 3.05) is 26.3 Å². The van der Waals surface area contributed by atoms with Crippen LogP contribution in [0.5, 0.6) is 0 Å². The Morgan fingerprint density at radius 3 is 2.47 bits per heavy atom. The standard InChI is InChI=1S/C7H15N3O4S/c1-6(7(8)11)9-15(12,13)10-2-4-14-5-3-10/h6,9H,2-5H2,1H3,(H2,8,11)/t6-/m0/s1. The van der Waals surface area contributed by atoms with Gasteiger partial charge in [0.1, 0.15) is 0 Å². The number of carbonyl (C=O) groups is 1. The summed E-state index contributed by atoms with van der Waals surface area (Å²) in [5.74, 6) is -0.702. The summed E-state index contributed by atoms with van der Waals surface area (Å²) in [6.45, 7) is 2.72. The lowest BCUT2D eigenvalue weighted by atomic mass is 10.4. The molecule has 0 spiro atoms. The highest BCUT2D eigenvalue weighted by Crippen LogP contribution is 2.03. The van der Waals surface area contributed by atoms with Gasteiger partial charge in [-0.15, -0.1) is 0 Å². The van der Waals surface area contributed by atoms with Gasteiger partial charge in [-0.3, -0.25) is 4.79 Å². The first kappa shape index (κ1) is 12.4. The fourth-order valence-corrected chi connectivity index (χ4v) is 2.48. The van der Waals surface area contributed by atoms with E-state index in [1.165, 1.54) is 11.2 Å². The van der Waals surface area contributed by atoms with E-state index in [0.717, 1.165) is 0 Å². The van der Waals surface area contributed by atoms with Gasteiger partial charge in [0.2, 0.25) is 5.91 Å². The Kier molecular flexibility index (Phi) is 4.03. The van der Waals surface area contributed by atoms with Crippen molar-refractivity contribution in [2.24, 2.45) is 5.73 Å². The van der Waals surface area contributed by atoms with Crippen molar-refractivity contribution in [2.45, 2.75) is 13.0 Å². The first-order valence-electron chi connectivity index (χ1n) is 4.58. The lowest BCUT2D eigenvalue weighted by molar-refractivity contribution is -0.119. The SMILES string of the molecule is C[C@H](NS(=O)(=O)N1CCOCC1)C(N)=O. The number of amides is 1. The van der Waals surface area contributed by atoms with Gasteiger partial charge < -0.3 is 10.5 Å². The lowest BCUT2D eigenvalue weighted by Gasteiger charge is -2.27. The molecule has 0 saturated carbocycles. The van der Waals surface area contributed by atoms with Gasteiger partial charge in [0.05, 0.1) is 19.3 Å². The summed E-state index contributed by atoms with van der Waals surface area (Å²) in [6, 6.07) is -0.905. The minimum absolute atomic E-state index is 0.292. The van der Waals surface area contributed by atoms with Crippen LogP contribution in [0.3, 0.4) is 0 Å². The number of rotatable bonds is 4. The van der Waals surface area contributed by atoms with Crippen molar-refractivity contribution in [3.63, 3.8) is 0 Å². The number of primary amides is 1. The van der Waals surface area contributed by atoms with Crippen LogP contribution < -0.4 is 10.5 Å². The van der Waals surface area contributed by atoms with Gasteiger partial charge >= 0.3 is 0 Å². The number of carbonyl (C=O) groups excluding carboxylic acids is 1. The number of ether oxygens (including phenoxy) is 1. The van der Waals surface area contributed by atoms with E-state index in [-0.39, 0.29) is 0 Å². The number of nitrogens with two attached hydrogens (primary N) is 1. The molecule has 0 aromatic carbocycles. The average Bonchev–Trinajstić information content (AvgIpc) is 2.18. The number of nitrogens with zero attached hydrogens (tertiary/aromatic N) is 1. The second-order valence-electron chi connectivity index (χ2n) is 3.26. The quantitative estimate of drug-likeness (QED) is 0.592. The van der Waals surface area contributed by atoms with Crippen LogP contribution in [0.1, 0.15) is 6.92 Å². The molecule has 8 heteroatoms. The molecule has 15 heavy (non-hydrogen) atoms. The molecule has 1 amide bonds. The van der Waals surface area contributed by atoms with Gasteiger partial charge in [0, 0.05) is 13.1 Å². The maximum Gasteiger partial charge on any atom is 0.280 e. The van der Waals surface area contributed by atoms with Crippen LogP contribution in [0.25, 0.3) is 0 Å². The van der Waals surface area contributed by atoms with Gasteiger partial charge in [-0.1, -0.05) is 0 Å². The molecule has 0 radical (unpaired) electrons. The maximum atomic E-state index is 11.7. The first-order chi connectivity index (χ1) is 6.93. The molecule has 1 rings (SSSR count). The highest BCUT2D eigenvalue weighted by Gasteiger charge is 2.26. The van der Waals surface area contributed by atoms with Crippen LogP contribution >= 0.6 is 0 Å². The second kappa shape index (κ2) is 4.88. The van der Waals surface area contributed by atoms with E-state index in [1.54, 1.807) is 0 Å². The third-order valence-corrected chi connectivity index (χ3v) is 3.76. The highest BCUT2D eigenvalue weighted by molar-refractivity contribution is 7.87. The molecule has 7 nitrogen and oxygen atoms in total. The first-order valence-corrected chi connectivity index (χ1v) is 6.02. The molecule has 1 aliphatic rings. The molecule has 0 aromatic rings. The van der Waals surface area contributed by atoms with E-state index in [2.05, 4.69) is 4.72 Å². The molecule has 1 atom stereocenters. The maximum absolute atomic E-state index is 11.7. The molecule has 88 valence electrons. The minimum Gasteiger partial charge on any atom is -0.379 e. The summed E-state index contributed by atoms with van der Waals surface area (Å²) < 4.78 is 31.8. The van der Waals surface area contributed by atoms with Gasteiger partial charge in [0.25, 0.3) is 10.2 Å². The predicted octanol–water partition coefficient (Wildman–Crippen LogP) is -1.97. The number of hydrogen-bond donors (Lipinski definition) is 2. The van der Waals surface area contributed by atoms with Crippen molar-refractivity contribution in [1.82, 2.24) is 9.03 Å². The van der Waals surface area contributed by atoms with Crippen molar-refractivity contribution in [3.05, 3.63) is 0 Å². The third kappa shape index (κ3) is 3.42. The van der Waals surface area contributed by atoms with E-state index in [0.29, 0.717) is 26.3 Å². The Morgan fingerprint density at radius 2 is 2.00 bits per heavy atom. The van der Waals surface area contributed by atoms with E-state index < -0.39 is 22.2 Å². The molecular formula is C7H15N3O4S. The van der Waals surface area contributed by atoms with E-state index >= 15 is 0 Å². The number of hydrogen-bond acceptors (Lipinski definition) is 4.